The molecular formula is C19H23N. The minimum absolute atomic E-state index is 0.0173. The van der Waals surface area contributed by atoms with Gasteiger partial charge in [0.25, 0.3) is 0 Å². The molecule has 0 amide bonds. The Morgan fingerprint density at radius 1 is 1.00 bits per heavy atom. The fourth-order valence-corrected chi connectivity index (χ4v) is 2.91. The summed E-state index contributed by atoms with van der Waals surface area (Å²) in [6, 6.07) is 19.8. The maximum Gasteiger partial charge on any atom is 0.00876 e. The van der Waals surface area contributed by atoms with Crippen molar-refractivity contribution in [1.82, 2.24) is 0 Å². The van der Waals surface area contributed by atoms with Gasteiger partial charge in [-0.3, -0.25) is 0 Å². The zero-order valence-electron chi connectivity index (χ0n) is 12.2. The van der Waals surface area contributed by atoms with Gasteiger partial charge < -0.3 is 5.73 Å². The summed E-state index contributed by atoms with van der Waals surface area (Å²) >= 11 is 0. The van der Waals surface area contributed by atoms with Crippen LogP contribution in [0.15, 0.2) is 54.6 Å². The molecule has 1 fully saturated rings. The van der Waals surface area contributed by atoms with E-state index in [1.165, 1.54) is 29.5 Å². The predicted octanol–water partition coefficient (Wildman–Crippen LogP) is 4.02. The van der Waals surface area contributed by atoms with Gasteiger partial charge >= 0.3 is 0 Å². The van der Waals surface area contributed by atoms with Crippen LogP contribution in [0.2, 0.25) is 0 Å². The van der Waals surface area contributed by atoms with Gasteiger partial charge in [-0.15, -0.1) is 0 Å². The molecule has 1 unspecified atom stereocenters. The minimum Gasteiger partial charge on any atom is -0.330 e. The lowest BCUT2D eigenvalue weighted by molar-refractivity contribution is 0.481. The number of rotatable bonds is 5. The predicted molar refractivity (Wildman–Crippen MR) is 85.0 cm³/mol. The maximum absolute atomic E-state index is 6.10. The average Bonchev–Trinajstić information content (AvgIpc) is 3.33. The second-order valence-electron chi connectivity index (χ2n) is 6.32. The van der Waals surface area contributed by atoms with Gasteiger partial charge in [-0.2, -0.15) is 0 Å². The van der Waals surface area contributed by atoms with Crippen molar-refractivity contribution in [3.05, 3.63) is 71.3 Å². The van der Waals surface area contributed by atoms with Crippen LogP contribution in [0, 0.1) is 0 Å². The quantitative estimate of drug-likeness (QED) is 0.868. The number of nitrogens with two attached hydrogens (primary N) is 1. The van der Waals surface area contributed by atoms with Crippen molar-refractivity contribution >= 4 is 0 Å². The topological polar surface area (TPSA) is 26.0 Å². The first-order valence-electron chi connectivity index (χ1n) is 7.56. The van der Waals surface area contributed by atoms with E-state index in [0.717, 1.165) is 12.3 Å². The molecule has 1 nitrogen and oxygen atoms in total. The van der Waals surface area contributed by atoms with Gasteiger partial charge in [-0.05, 0) is 41.9 Å². The van der Waals surface area contributed by atoms with E-state index in [1.54, 1.807) is 0 Å². The molecule has 0 aliphatic heterocycles. The Kier molecular flexibility index (Phi) is 3.62. The molecule has 1 saturated carbocycles. The zero-order valence-corrected chi connectivity index (χ0v) is 12.2. The highest BCUT2D eigenvalue weighted by molar-refractivity contribution is 5.34. The molecule has 3 rings (SSSR count). The van der Waals surface area contributed by atoms with Crippen molar-refractivity contribution in [3.8, 4) is 0 Å². The largest absolute Gasteiger partial charge is 0.330 e. The highest BCUT2D eigenvalue weighted by atomic mass is 14.6. The van der Waals surface area contributed by atoms with Gasteiger partial charge in [0.1, 0.15) is 0 Å². The van der Waals surface area contributed by atoms with Crippen LogP contribution in [-0.4, -0.2) is 6.54 Å². The summed E-state index contributed by atoms with van der Waals surface area (Å²) in [4.78, 5) is 0. The lowest BCUT2D eigenvalue weighted by Gasteiger charge is -2.29. The fraction of sp³-hybridized carbons (Fsp3) is 0.368. The van der Waals surface area contributed by atoms with E-state index >= 15 is 0 Å². The van der Waals surface area contributed by atoms with Crippen LogP contribution in [0.5, 0.6) is 0 Å². The molecule has 0 saturated heterocycles. The van der Waals surface area contributed by atoms with Gasteiger partial charge in [0.2, 0.25) is 0 Å². The van der Waals surface area contributed by atoms with Crippen LogP contribution in [0.3, 0.4) is 0 Å². The molecule has 2 aromatic rings. The molecule has 20 heavy (non-hydrogen) atoms. The third-order valence-corrected chi connectivity index (χ3v) is 4.54. The van der Waals surface area contributed by atoms with E-state index < -0.39 is 0 Å². The minimum atomic E-state index is 0.0173. The Bertz CT molecular complexity index is 554. The van der Waals surface area contributed by atoms with Gasteiger partial charge in [0, 0.05) is 12.0 Å². The van der Waals surface area contributed by atoms with Crippen LogP contribution in [0.4, 0.5) is 0 Å². The van der Waals surface area contributed by atoms with Crippen LogP contribution in [0.25, 0.3) is 0 Å². The van der Waals surface area contributed by atoms with E-state index in [4.69, 9.17) is 5.73 Å². The zero-order chi connectivity index (χ0) is 14.0. The van der Waals surface area contributed by atoms with E-state index in [-0.39, 0.29) is 5.41 Å². The molecule has 2 aromatic carbocycles. The van der Waals surface area contributed by atoms with Gasteiger partial charge in [-0.25, -0.2) is 0 Å². The molecule has 0 spiro atoms. The Morgan fingerprint density at radius 3 is 2.20 bits per heavy atom. The van der Waals surface area contributed by atoms with E-state index in [2.05, 4.69) is 61.5 Å². The summed E-state index contributed by atoms with van der Waals surface area (Å²) in [6.45, 7) is 2.94. The summed E-state index contributed by atoms with van der Waals surface area (Å²) in [5, 5.41) is 0. The number of benzene rings is 2. The Hall–Kier alpha value is -1.60. The van der Waals surface area contributed by atoms with Crippen molar-refractivity contribution in [2.24, 2.45) is 5.73 Å². The summed E-state index contributed by atoms with van der Waals surface area (Å²) in [7, 11) is 0. The molecule has 1 atom stereocenters. The van der Waals surface area contributed by atoms with E-state index in [0.29, 0.717) is 6.54 Å². The second-order valence-corrected chi connectivity index (χ2v) is 6.32. The highest BCUT2D eigenvalue weighted by Gasteiger charge is 2.27. The summed E-state index contributed by atoms with van der Waals surface area (Å²) in [6.07, 6.45) is 3.71. The van der Waals surface area contributed by atoms with Gasteiger partial charge in [0.15, 0.2) is 0 Å². The van der Waals surface area contributed by atoms with Gasteiger partial charge in [0.05, 0.1) is 0 Å². The monoisotopic (exact) mass is 265 g/mol. The maximum atomic E-state index is 6.10. The lowest BCUT2D eigenvalue weighted by atomic mass is 9.77. The fourth-order valence-electron chi connectivity index (χ4n) is 2.91. The standard InChI is InChI=1S/C19H23N/c1-19(14-20,13-15-5-3-2-4-6-15)18-11-9-17(10-12-18)16-7-8-16/h2-6,9-12,16H,7-8,13-14,20H2,1H3. The van der Waals surface area contributed by atoms with Crippen molar-refractivity contribution in [2.45, 2.75) is 37.5 Å². The molecule has 0 heterocycles. The van der Waals surface area contributed by atoms with Gasteiger partial charge in [-0.1, -0.05) is 61.5 Å². The molecular weight excluding hydrogens is 242 g/mol. The highest BCUT2D eigenvalue weighted by Crippen LogP contribution is 2.40. The first-order chi connectivity index (χ1) is 9.71. The second kappa shape index (κ2) is 5.41. The van der Waals surface area contributed by atoms with Crippen molar-refractivity contribution < 1.29 is 0 Å². The van der Waals surface area contributed by atoms with Crippen molar-refractivity contribution in [2.75, 3.05) is 6.54 Å². The molecule has 1 aliphatic carbocycles. The first-order valence-corrected chi connectivity index (χ1v) is 7.56. The molecule has 0 radical (unpaired) electrons. The van der Waals surface area contributed by atoms with Crippen LogP contribution in [0.1, 0.15) is 42.4 Å². The Balaban J connectivity index is 1.83. The van der Waals surface area contributed by atoms with Crippen molar-refractivity contribution in [3.63, 3.8) is 0 Å². The Labute approximate surface area is 121 Å². The normalized spacial score (nSPS) is 17.7. The average molecular weight is 265 g/mol. The molecule has 2 N–H and O–H groups in total. The van der Waals surface area contributed by atoms with Crippen molar-refractivity contribution in [1.29, 1.82) is 0 Å². The summed E-state index contributed by atoms with van der Waals surface area (Å²) in [5.41, 5.74) is 10.3. The third-order valence-electron chi connectivity index (χ3n) is 4.54. The smallest absolute Gasteiger partial charge is 0.00876 e. The molecule has 0 bridgehead atoms. The molecule has 1 aliphatic rings. The third kappa shape index (κ3) is 2.78. The Morgan fingerprint density at radius 2 is 1.65 bits per heavy atom. The molecule has 104 valence electrons. The number of hydrogen-bond donors (Lipinski definition) is 1. The summed E-state index contributed by atoms with van der Waals surface area (Å²) < 4.78 is 0. The van der Waals surface area contributed by atoms with E-state index in [1.807, 2.05) is 0 Å². The first kappa shape index (κ1) is 13.4. The van der Waals surface area contributed by atoms with Crippen LogP contribution in [-0.2, 0) is 11.8 Å². The number of hydrogen-bond acceptors (Lipinski definition) is 1. The lowest BCUT2D eigenvalue weighted by Crippen LogP contribution is -2.34. The van der Waals surface area contributed by atoms with Crippen LogP contribution < -0.4 is 5.73 Å². The molecule has 1 heteroatoms. The summed E-state index contributed by atoms with van der Waals surface area (Å²) in [5.74, 6) is 0.822. The SMILES string of the molecule is CC(CN)(Cc1ccccc1)c1ccc(C2CC2)cc1. The van der Waals surface area contributed by atoms with E-state index in [9.17, 15) is 0 Å². The van der Waals surface area contributed by atoms with Crippen LogP contribution >= 0.6 is 0 Å². The molecule has 0 aromatic heterocycles.